The Morgan fingerprint density at radius 3 is 2.15 bits per heavy atom. The summed E-state index contributed by atoms with van der Waals surface area (Å²) in [5.74, 6) is -0.143. The van der Waals surface area contributed by atoms with Crippen molar-refractivity contribution in [1.82, 2.24) is 0 Å². The topological polar surface area (TPSA) is 95.2 Å². The maximum Gasteiger partial charge on any atom is 0.139 e. The van der Waals surface area contributed by atoms with Crippen LogP contribution in [0, 0.1) is 51.2 Å². The molecule has 0 aromatic carbocycles. The maximum absolute atomic E-state index is 9.11. The quantitative estimate of drug-likeness (QED) is 0.569. The Hall–Kier alpha value is -2.21. The first kappa shape index (κ1) is 15.8. The Kier molecular flexibility index (Phi) is 6.39. The Morgan fingerprint density at radius 1 is 1.00 bits per heavy atom. The molecule has 100 valence electrons. The van der Waals surface area contributed by atoms with Gasteiger partial charge in [0.1, 0.15) is 35.4 Å². The van der Waals surface area contributed by atoms with Crippen LogP contribution in [0.1, 0.15) is 32.1 Å². The molecule has 0 saturated heterocycles. The number of nitrogens with zero attached hydrogens (tertiary/aromatic N) is 4. The molecular formula is C15H14N4S. The predicted octanol–water partition coefficient (Wildman–Crippen LogP) is 3.57. The van der Waals surface area contributed by atoms with E-state index in [1.54, 1.807) is 0 Å². The third-order valence-electron chi connectivity index (χ3n) is 3.41. The van der Waals surface area contributed by atoms with Crippen molar-refractivity contribution in [2.24, 2.45) is 5.92 Å². The van der Waals surface area contributed by atoms with Gasteiger partial charge in [0.15, 0.2) is 0 Å². The summed E-state index contributed by atoms with van der Waals surface area (Å²) in [4.78, 5) is 0.690. The van der Waals surface area contributed by atoms with Crippen molar-refractivity contribution in [3.05, 3.63) is 21.6 Å². The highest BCUT2D eigenvalue weighted by Gasteiger charge is 2.26. The van der Waals surface area contributed by atoms with Crippen LogP contribution < -0.4 is 0 Å². The van der Waals surface area contributed by atoms with Crippen molar-refractivity contribution in [3.63, 3.8) is 0 Å². The molecule has 0 aliphatic heterocycles. The fourth-order valence-electron chi connectivity index (χ4n) is 2.50. The van der Waals surface area contributed by atoms with Crippen molar-refractivity contribution in [1.29, 1.82) is 21.0 Å². The van der Waals surface area contributed by atoms with Gasteiger partial charge in [-0.3, -0.25) is 0 Å². The molecule has 4 nitrogen and oxygen atoms in total. The van der Waals surface area contributed by atoms with Crippen LogP contribution in [0.4, 0.5) is 0 Å². The van der Waals surface area contributed by atoms with Crippen LogP contribution in [0.2, 0.25) is 0 Å². The van der Waals surface area contributed by atoms with Crippen LogP contribution >= 0.6 is 11.8 Å². The van der Waals surface area contributed by atoms with Gasteiger partial charge in [-0.05, 0) is 31.1 Å². The molecule has 0 heterocycles. The van der Waals surface area contributed by atoms with Gasteiger partial charge in [-0.2, -0.15) is 21.0 Å². The Bertz CT molecular complexity index is 570. The van der Waals surface area contributed by atoms with Crippen molar-refractivity contribution in [2.45, 2.75) is 32.1 Å². The van der Waals surface area contributed by atoms with Crippen LogP contribution in [0.3, 0.4) is 0 Å². The molecule has 1 aliphatic rings. The van der Waals surface area contributed by atoms with Gasteiger partial charge in [-0.15, -0.1) is 11.8 Å². The third kappa shape index (κ3) is 3.42. The van der Waals surface area contributed by atoms with Crippen LogP contribution in [-0.4, -0.2) is 6.26 Å². The van der Waals surface area contributed by atoms with Gasteiger partial charge in [-0.1, -0.05) is 12.8 Å². The smallest absolute Gasteiger partial charge is 0.139 e. The zero-order valence-electron chi connectivity index (χ0n) is 11.3. The van der Waals surface area contributed by atoms with E-state index in [4.69, 9.17) is 21.0 Å². The average molecular weight is 282 g/mol. The normalized spacial score (nSPS) is 17.6. The summed E-state index contributed by atoms with van der Waals surface area (Å²) in [7, 11) is 0. The molecule has 5 heteroatoms. The predicted molar refractivity (Wildman–Crippen MR) is 76.6 cm³/mol. The summed E-state index contributed by atoms with van der Waals surface area (Å²) in [5.41, 5.74) is 1.02. The number of nitriles is 4. The number of thioether (sulfide) groups is 1. The van der Waals surface area contributed by atoms with E-state index in [1.165, 1.54) is 11.8 Å². The van der Waals surface area contributed by atoms with Gasteiger partial charge in [0.2, 0.25) is 0 Å². The van der Waals surface area contributed by atoms with E-state index in [0.717, 1.165) is 31.3 Å². The lowest BCUT2D eigenvalue weighted by atomic mass is 9.88. The Labute approximate surface area is 123 Å². The number of allylic oxidation sites excluding steroid dienone is 4. The first-order chi connectivity index (χ1) is 9.73. The van der Waals surface area contributed by atoms with E-state index >= 15 is 0 Å². The van der Waals surface area contributed by atoms with Gasteiger partial charge in [0, 0.05) is 10.8 Å². The molecule has 0 aromatic rings. The highest BCUT2D eigenvalue weighted by atomic mass is 32.2. The largest absolute Gasteiger partial charge is 0.192 e. The highest BCUT2D eigenvalue weighted by molar-refractivity contribution is 8.02. The molecule has 20 heavy (non-hydrogen) atoms. The molecular weight excluding hydrogens is 268 g/mol. The fraction of sp³-hybridized carbons (Fsp3) is 0.467. The average Bonchev–Trinajstić information content (AvgIpc) is 2.72. The molecule has 1 saturated carbocycles. The van der Waals surface area contributed by atoms with Gasteiger partial charge < -0.3 is 0 Å². The van der Waals surface area contributed by atoms with Crippen molar-refractivity contribution in [3.8, 4) is 24.3 Å². The molecule has 0 amide bonds. The van der Waals surface area contributed by atoms with Crippen molar-refractivity contribution in [2.75, 3.05) is 6.26 Å². The van der Waals surface area contributed by atoms with Crippen LogP contribution in [0.5, 0.6) is 0 Å². The standard InChI is InChI=1S/C15H14N4S/c1-20-15(12(9-18)10-19)14-6-4-2-3-5-13(14)11(7-16)8-17/h14H,2-6H2,1H3. The molecule has 1 aliphatic carbocycles. The summed E-state index contributed by atoms with van der Waals surface area (Å²) in [6, 6.07) is 7.76. The third-order valence-corrected chi connectivity index (χ3v) is 4.34. The summed E-state index contributed by atoms with van der Waals surface area (Å²) in [5, 5.41) is 36.4. The summed E-state index contributed by atoms with van der Waals surface area (Å²) < 4.78 is 0. The second-order valence-electron chi connectivity index (χ2n) is 4.44. The zero-order chi connectivity index (χ0) is 15.0. The molecule has 1 rings (SSSR count). The van der Waals surface area contributed by atoms with Gasteiger partial charge in [0.25, 0.3) is 0 Å². The highest BCUT2D eigenvalue weighted by Crippen LogP contribution is 2.40. The molecule has 0 radical (unpaired) electrons. The van der Waals surface area contributed by atoms with E-state index < -0.39 is 0 Å². The van der Waals surface area contributed by atoms with Crippen LogP contribution in [0.25, 0.3) is 0 Å². The second-order valence-corrected chi connectivity index (χ2v) is 5.29. The monoisotopic (exact) mass is 282 g/mol. The lowest BCUT2D eigenvalue weighted by molar-refractivity contribution is 0.634. The minimum absolute atomic E-state index is 0.0946. The molecule has 1 unspecified atom stereocenters. The first-order valence-corrected chi connectivity index (χ1v) is 7.57. The maximum atomic E-state index is 9.11. The molecule has 0 N–H and O–H groups in total. The van der Waals surface area contributed by atoms with Gasteiger partial charge in [0.05, 0.1) is 0 Å². The molecule has 1 atom stereocenters. The van der Waals surface area contributed by atoms with E-state index in [2.05, 4.69) is 0 Å². The van der Waals surface area contributed by atoms with Crippen molar-refractivity contribution < 1.29 is 0 Å². The minimum atomic E-state index is -0.143. The van der Waals surface area contributed by atoms with E-state index in [9.17, 15) is 0 Å². The van der Waals surface area contributed by atoms with E-state index in [1.807, 2.05) is 30.5 Å². The summed E-state index contributed by atoms with van der Waals surface area (Å²) >= 11 is 1.37. The summed E-state index contributed by atoms with van der Waals surface area (Å²) in [6.07, 6.45) is 6.26. The number of rotatable bonds is 2. The zero-order valence-corrected chi connectivity index (χ0v) is 12.1. The minimum Gasteiger partial charge on any atom is -0.192 e. The molecule has 0 bridgehead atoms. The lowest BCUT2D eigenvalue weighted by Gasteiger charge is -2.20. The van der Waals surface area contributed by atoms with Gasteiger partial charge >= 0.3 is 0 Å². The number of hydrogen-bond acceptors (Lipinski definition) is 5. The first-order valence-electron chi connectivity index (χ1n) is 6.35. The Morgan fingerprint density at radius 2 is 1.65 bits per heavy atom. The summed E-state index contributed by atoms with van der Waals surface area (Å²) in [6.45, 7) is 0. The lowest BCUT2D eigenvalue weighted by Crippen LogP contribution is -2.08. The SMILES string of the molecule is CSC(=C(C#N)C#N)C1CCCCCC1=C(C#N)C#N. The van der Waals surface area contributed by atoms with Crippen LogP contribution in [0.15, 0.2) is 21.6 Å². The number of hydrogen-bond donors (Lipinski definition) is 0. The van der Waals surface area contributed by atoms with E-state index in [0.29, 0.717) is 11.3 Å². The van der Waals surface area contributed by atoms with Crippen molar-refractivity contribution >= 4 is 11.8 Å². The van der Waals surface area contributed by atoms with E-state index in [-0.39, 0.29) is 17.1 Å². The van der Waals surface area contributed by atoms with Crippen LogP contribution in [-0.2, 0) is 0 Å². The molecule has 0 spiro atoms. The second kappa shape index (κ2) is 8.06. The molecule has 1 fully saturated rings. The fourth-order valence-corrected chi connectivity index (χ4v) is 3.34. The van der Waals surface area contributed by atoms with Gasteiger partial charge in [-0.25, -0.2) is 0 Å². The molecule has 0 aromatic heterocycles. The Balaban J connectivity index is 3.45.